The lowest BCUT2D eigenvalue weighted by atomic mass is 9.78. The quantitative estimate of drug-likeness (QED) is 0.673. The summed E-state index contributed by atoms with van der Waals surface area (Å²) in [7, 11) is 0. The standard InChI is InChI=1S/C24H30O/c1-14-15(2)22(13-18-9-5-6-10-19(14)18)23-17(4)16(3)20-11-7-8-12-21(20)24(23)25/h13,25H,5-12H2,1-4H3. The normalized spacial score (nSPS) is 16.5. The van der Waals surface area contributed by atoms with Crippen LogP contribution in [0.5, 0.6) is 5.75 Å². The topological polar surface area (TPSA) is 20.2 Å². The van der Waals surface area contributed by atoms with Crippen LogP contribution in [-0.4, -0.2) is 5.11 Å². The second-order valence-electron chi connectivity index (χ2n) is 8.16. The van der Waals surface area contributed by atoms with Crippen LogP contribution in [0.4, 0.5) is 0 Å². The summed E-state index contributed by atoms with van der Waals surface area (Å²) in [5, 5.41) is 11.2. The minimum atomic E-state index is 0.566. The molecule has 0 aliphatic heterocycles. The van der Waals surface area contributed by atoms with E-state index in [1.165, 1.54) is 83.0 Å². The van der Waals surface area contributed by atoms with Crippen molar-refractivity contribution >= 4 is 0 Å². The van der Waals surface area contributed by atoms with Gasteiger partial charge < -0.3 is 5.11 Å². The maximum absolute atomic E-state index is 11.2. The molecule has 0 radical (unpaired) electrons. The second kappa shape index (κ2) is 6.20. The minimum Gasteiger partial charge on any atom is -0.507 e. The summed E-state index contributed by atoms with van der Waals surface area (Å²) >= 11 is 0. The van der Waals surface area contributed by atoms with Crippen molar-refractivity contribution < 1.29 is 5.11 Å². The highest BCUT2D eigenvalue weighted by Gasteiger charge is 2.25. The van der Waals surface area contributed by atoms with E-state index < -0.39 is 0 Å². The van der Waals surface area contributed by atoms with Gasteiger partial charge in [0.15, 0.2) is 0 Å². The zero-order valence-electron chi connectivity index (χ0n) is 16.2. The van der Waals surface area contributed by atoms with E-state index >= 15 is 0 Å². The molecule has 0 aromatic heterocycles. The van der Waals surface area contributed by atoms with Crippen LogP contribution in [0.2, 0.25) is 0 Å². The molecule has 0 bridgehead atoms. The van der Waals surface area contributed by atoms with Crippen LogP contribution in [0, 0.1) is 27.7 Å². The number of aromatic hydroxyl groups is 1. The summed E-state index contributed by atoms with van der Waals surface area (Å²) in [4.78, 5) is 0. The lowest BCUT2D eigenvalue weighted by Crippen LogP contribution is -2.10. The fraction of sp³-hybridized carbons (Fsp3) is 0.500. The third kappa shape index (κ3) is 2.51. The van der Waals surface area contributed by atoms with E-state index in [9.17, 15) is 5.11 Å². The van der Waals surface area contributed by atoms with Crippen LogP contribution in [0.25, 0.3) is 11.1 Å². The van der Waals surface area contributed by atoms with Gasteiger partial charge in [0.25, 0.3) is 0 Å². The first-order chi connectivity index (χ1) is 12.0. The Labute approximate surface area is 152 Å². The fourth-order valence-corrected chi connectivity index (χ4v) is 5.14. The maximum atomic E-state index is 11.2. The Kier molecular flexibility index (Phi) is 4.14. The van der Waals surface area contributed by atoms with Gasteiger partial charge in [-0.2, -0.15) is 0 Å². The van der Waals surface area contributed by atoms with Gasteiger partial charge in [0.2, 0.25) is 0 Å². The smallest absolute Gasteiger partial charge is 0.127 e. The van der Waals surface area contributed by atoms with E-state index in [0.29, 0.717) is 5.75 Å². The van der Waals surface area contributed by atoms with E-state index in [0.717, 1.165) is 18.4 Å². The highest BCUT2D eigenvalue weighted by Crippen LogP contribution is 2.45. The van der Waals surface area contributed by atoms with Crippen LogP contribution in [0.15, 0.2) is 6.07 Å². The molecule has 132 valence electrons. The third-order valence-corrected chi connectivity index (χ3v) is 6.90. The number of hydrogen-bond acceptors (Lipinski definition) is 1. The molecule has 25 heavy (non-hydrogen) atoms. The van der Waals surface area contributed by atoms with Crippen LogP contribution in [0.3, 0.4) is 0 Å². The molecule has 1 nitrogen and oxygen atoms in total. The SMILES string of the molecule is Cc1c(-c2c(C)c(C)c3c(c2O)CCCC3)cc2c(c1C)CCCC2. The average molecular weight is 335 g/mol. The van der Waals surface area contributed by atoms with Crippen molar-refractivity contribution in [2.75, 3.05) is 0 Å². The number of fused-ring (bicyclic) bond motifs is 2. The molecule has 0 spiro atoms. The van der Waals surface area contributed by atoms with Crippen LogP contribution in [0.1, 0.15) is 70.2 Å². The summed E-state index contributed by atoms with van der Waals surface area (Å²) in [5.41, 5.74) is 13.6. The molecule has 2 aliphatic rings. The van der Waals surface area contributed by atoms with E-state index in [-0.39, 0.29) is 0 Å². The third-order valence-electron chi connectivity index (χ3n) is 6.90. The van der Waals surface area contributed by atoms with E-state index in [2.05, 4.69) is 33.8 Å². The second-order valence-corrected chi connectivity index (χ2v) is 8.16. The molecule has 0 amide bonds. The summed E-state index contributed by atoms with van der Waals surface area (Å²) in [6.45, 7) is 8.98. The molecule has 2 aromatic carbocycles. The molecule has 0 heterocycles. The van der Waals surface area contributed by atoms with E-state index in [1.807, 2.05) is 0 Å². The van der Waals surface area contributed by atoms with Crippen molar-refractivity contribution in [3.8, 4) is 16.9 Å². The van der Waals surface area contributed by atoms with Crippen molar-refractivity contribution in [3.63, 3.8) is 0 Å². The zero-order chi connectivity index (χ0) is 17.7. The molecule has 1 N–H and O–H groups in total. The Morgan fingerprint density at radius 3 is 1.92 bits per heavy atom. The molecular weight excluding hydrogens is 304 g/mol. The largest absolute Gasteiger partial charge is 0.507 e. The predicted molar refractivity (Wildman–Crippen MR) is 106 cm³/mol. The Bertz CT molecular complexity index is 858. The Morgan fingerprint density at radius 1 is 0.640 bits per heavy atom. The van der Waals surface area contributed by atoms with Gasteiger partial charge in [-0.1, -0.05) is 6.07 Å². The molecular formula is C24H30O. The Balaban J connectivity index is 2.00. The van der Waals surface area contributed by atoms with Crippen molar-refractivity contribution in [2.24, 2.45) is 0 Å². The van der Waals surface area contributed by atoms with E-state index in [4.69, 9.17) is 0 Å². The van der Waals surface area contributed by atoms with Gasteiger partial charge in [-0.25, -0.2) is 0 Å². The van der Waals surface area contributed by atoms with Gasteiger partial charge in [0.1, 0.15) is 5.75 Å². The van der Waals surface area contributed by atoms with Crippen molar-refractivity contribution in [1.82, 2.24) is 0 Å². The number of hydrogen-bond donors (Lipinski definition) is 1. The first-order valence-electron chi connectivity index (χ1n) is 9.97. The molecule has 0 saturated carbocycles. The lowest BCUT2D eigenvalue weighted by Gasteiger charge is -2.27. The Hall–Kier alpha value is -1.76. The molecule has 0 unspecified atom stereocenters. The number of aryl methyl sites for hydroxylation is 1. The van der Waals surface area contributed by atoms with Crippen molar-refractivity contribution in [1.29, 1.82) is 0 Å². The highest BCUT2D eigenvalue weighted by atomic mass is 16.3. The van der Waals surface area contributed by atoms with Gasteiger partial charge in [0.05, 0.1) is 0 Å². The van der Waals surface area contributed by atoms with Gasteiger partial charge >= 0.3 is 0 Å². The van der Waals surface area contributed by atoms with Gasteiger partial charge in [-0.3, -0.25) is 0 Å². The van der Waals surface area contributed by atoms with Crippen LogP contribution in [-0.2, 0) is 25.7 Å². The van der Waals surface area contributed by atoms with Crippen molar-refractivity contribution in [3.05, 3.63) is 50.6 Å². The molecule has 0 saturated heterocycles. The van der Waals surface area contributed by atoms with Crippen LogP contribution >= 0.6 is 0 Å². The predicted octanol–water partition coefficient (Wildman–Crippen LogP) is 6.05. The summed E-state index contributed by atoms with van der Waals surface area (Å²) < 4.78 is 0. The van der Waals surface area contributed by atoms with Gasteiger partial charge in [-0.15, -0.1) is 0 Å². The summed E-state index contributed by atoms with van der Waals surface area (Å²) in [6.07, 6.45) is 9.62. The van der Waals surface area contributed by atoms with E-state index in [1.54, 1.807) is 5.56 Å². The summed E-state index contributed by atoms with van der Waals surface area (Å²) in [5.74, 6) is 0.566. The van der Waals surface area contributed by atoms with Gasteiger partial charge in [-0.05, 0) is 129 Å². The van der Waals surface area contributed by atoms with Crippen molar-refractivity contribution in [2.45, 2.75) is 79.1 Å². The Morgan fingerprint density at radius 2 is 1.20 bits per heavy atom. The minimum absolute atomic E-state index is 0.566. The fourth-order valence-electron chi connectivity index (χ4n) is 5.14. The molecule has 1 heteroatoms. The first-order valence-corrected chi connectivity index (χ1v) is 9.97. The zero-order valence-corrected chi connectivity index (χ0v) is 16.2. The lowest BCUT2D eigenvalue weighted by molar-refractivity contribution is 0.463. The molecule has 4 rings (SSSR count). The number of benzene rings is 2. The molecule has 0 atom stereocenters. The number of rotatable bonds is 1. The summed E-state index contributed by atoms with van der Waals surface area (Å²) in [6, 6.07) is 2.40. The number of phenols is 1. The maximum Gasteiger partial charge on any atom is 0.127 e. The first kappa shape index (κ1) is 16.7. The number of phenolic OH excluding ortho intramolecular Hbond substituents is 1. The monoisotopic (exact) mass is 334 g/mol. The molecule has 2 aliphatic carbocycles. The van der Waals surface area contributed by atoms with Gasteiger partial charge in [0, 0.05) is 5.56 Å². The highest BCUT2D eigenvalue weighted by molar-refractivity contribution is 5.81. The molecule has 2 aromatic rings. The average Bonchev–Trinajstić information content (AvgIpc) is 2.64. The van der Waals surface area contributed by atoms with Crippen LogP contribution < -0.4 is 0 Å². The molecule has 0 fully saturated rings.